The number of benzene rings is 1. The van der Waals surface area contributed by atoms with Crippen molar-refractivity contribution in [3.8, 4) is 0 Å². The molecule has 3 nitrogen and oxygen atoms in total. The summed E-state index contributed by atoms with van der Waals surface area (Å²) in [7, 11) is 0. The molecule has 3 N–H and O–H groups in total. The molecule has 0 fully saturated rings. The quantitative estimate of drug-likeness (QED) is 0.846. The first kappa shape index (κ1) is 11.1. The highest BCUT2D eigenvalue weighted by Gasteiger charge is 2.01. The zero-order chi connectivity index (χ0) is 11.5. The number of hydrogen-bond acceptors (Lipinski definition) is 3. The zero-order valence-electron chi connectivity index (χ0n) is 8.96. The average Bonchev–Trinajstić information content (AvgIpc) is 2.63. The van der Waals surface area contributed by atoms with Crippen LogP contribution in [0.15, 0.2) is 39.2 Å². The second-order valence-corrected chi connectivity index (χ2v) is 4.51. The average molecular weight is 281 g/mol. The highest BCUT2D eigenvalue weighted by molar-refractivity contribution is 9.10. The third-order valence-electron chi connectivity index (χ3n) is 2.26. The van der Waals surface area contributed by atoms with Crippen molar-refractivity contribution in [2.45, 2.75) is 13.5 Å². The maximum Gasteiger partial charge on any atom is 0.123 e. The molecule has 0 atom stereocenters. The normalized spacial score (nSPS) is 10.4. The molecule has 2 rings (SSSR count). The highest BCUT2D eigenvalue weighted by atomic mass is 79.9. The van der Waals surface area contributed by atoms with Gasteiger partial charge in [-0.2, -0.15) is 0 Å². The summed E-state index contributed by atoms with van der Waals surface area (Å²) in [6.07, 6.45) is 0. The van der Waals surface area contributed by atoms with Crippen LogP contribution in [0.4, 0.5) is 11.4 Å². The maximum atomic E-state index is 5.87. The van der Waals surface area contributed by atoms with Gasteiger partial charge in [-0.3, -0.25) is 0 Å². The number of rotatable bonds is 3. The molecule has 16 heavy (non-hydrogen) atoms. The van der Waals surface area contributed by atoms with Gasteiger partial charge in [-0.25, -0.2) is 0 Å². The van der Waals surface area contributed by atoms with E-state index in [1.807, 2.05) is 37.3 Å². The van der Waals surface area contributed by atoms with Gasteiger partial charge >= 0.3 is 0 Å². The minimum Gasteiger partial charge on any atom is -0.465 e. The summed E-state index contributed by atoms with van der Waals surface area (Å²) >= 11 is 3.37. The molecule has 0 radical (unpaired) electrons. The molecule has 0 saturated heterocycles. The Morgan fingerprint density at radius 1 is 1.31 bits per heavy atom. The third kappa shape index (κ3) is 2.58. The number of nitrogens with two attached hydrogens (primary N) is 1. The summed E-state index contributed by atoms with van der Waals surface area (Å²) in [5.41, 5.74) is 7.50. The molecular weight excluding hydrogens is 268 g/mol. The number of nitrogens with one attached hydrogen (secondary N) is 1. The predicted molar refractivity (Wildman–Crippen MR) is 69.3 cm³/mol. The molecule has 4 heteroatoms. The number of nitrogen functional groups attached to an aromatic ring is 1. The molecule has 0 saturated carbocycles. The van der Waals surface area contributed by atoms with Crippen molar-refractivity contribution in [2.24, 2.45) is 0 Å². The fraction of sp³-hybridized carbons (Fsp3) is 0.167. The van der Waals surface area contributed by atoms with Gasteiger partial charge in [0.2, 0.25) is 0 Å². The van der Waals surface area contributed by atoms with Crippen LogP contribution in [-0.2, 0) is 6.54 Å². The van der Waals surface area contributed by atoms with Gasteiger partial charge < -0.3 is 15.5 Å². The summed E-state index contributed by atoms with van der Waals surface area (Å²) in [6, 6.07) is 9.66. The van der Waals surface area contributed by atoms with Crippen LogP contribution in [0, 0.1) is 6.92 Å². The Morgan fingerprint density at radius 3 is 2.75 bits per heavy atom. The topological polar surface area (TPSA) is 51.2 Å². The van der Waals surface area contributed by atoms with Crippen LogP contribution in [0.2, 0.25) is 0 Å². The number of anilines is 2. The van der Waals surface area contributed by atoms with Gasteiger partial charge in [0, 0.05) is 4.47 Å². The van der Waals surface area contributed by atoms with Crippen molar-refractivity contribution in [2.75, 3.05) is 11.1 Å². The van der Waals surface area contributed by atoms with Crippen molar-refractivity contribution in [1.29, 1.82) is 0 Å². The second kappa shape index (κ2) is 4.61. The predicted octanol–water partition coefficient (Wildman–Crippen LogP) is 3.54. The van der Waals surface area contributed by atoms with Crippen LogP contribution in [0.3, 0.4) is 0 Å². The van der Waals surface area contributed by atoms with E-state index >= 15 is 0 Å². The smallest absolute Gasteiger partial charge is 0.123 e. The van der Waals surface area contributed by atoms with E-state index in [4.69, 9.17) is 10.2 Å². The van der Waals surface area contributed by atoms with Gasteiger partial charge in [-0.05, 0) is 37.3 Å². The van der Waals surface area contributed by atoms with E-state index in [0.29, 0.717) is 6.54 Å². The van der Waals surface area contributed by atoms with E-state index in [1.54, 1.807) is 0 Å². The minimum atomic E-state index is 0.639. The molecule has 0 aliphatic heterocycles. The van der Waals surface area contributed by atoms with Gasteiger partial charge in [0.1, 0.15) is 11.5 Å². The Kier molecular flexibility index (Phi) is 3.19. The van der Waals surface area contributed by atoms with Crippen LogP contribution >= 0.6 is 15.9 Å². The lowest BCUT2D eigenvalue weighted by atomic mass is 10.2. The third-order valence-corrected chi connectivity index (χ3v) is 2.76. The second-order valence-electron chi connectivity index (χ2n) is 3.60. The van der Waals surface area contributed by atoms with Crippen molar-refractivity contribution in [1.82, 2.24) is 0 Å². The molecule has 0 aliphatic carbocycles. The van der Waals surface area contributed by atoms with Crippen molar-refractivity contribution >= 4 is 27.3 Å². The van der Waals surface area contributed by atoms with E-state index in [2.05, 4.69) is 21.2 Å². The first-order chi connectivity index (χ1) is 7.65. The Balaban J connectivity index is 2.04. The SMILES string of the molecule is Cc1ccc(CNc2ccc(Br)cc2N)o1. The van der Waals surface area contributed by atoms with Crippen LogP contribution in [-0.4, -0.2) is 0 Å². The summed E-state index contributed by atoms with van der Waals surface area (Å²) in [5, 5.41) is 3.23. The molecule has 0 bridgehead atoms. The highest BCUT2D eigenvalue weighted by Crippen LogP contribution is 2.23. The Labute approximate surface area is 103 Å². The first-order valence-corrected chi connectivity index (χ1v) is 5.78. The van der Waals surface area contributed by atoms with Gasteiger partial charge in [0.05, 0.1) is 17.9 Å². The lowest BCUT2D eigenvalue weighted by molar-refractivity contribution is 0.490. The van der Waals surface area contributed by atoms with E-state index in [0.717, 1.165) is 27.4 Å². The number of hydrogen-bond donors (Lipinski definition) is 2. The molecular formula is C12H13BrN2O. The van der Waals surface area contributed by atoms with E-state index in [9.17, 15) is 0 Å². The van der Waals surface area contributed by atoms with E-state index in [1.165, 1.54) is 0 Å². The van der Waals surface area contributed by atoms with Crippen LogP contribution in [0.25, 0.3) is 0 Å². The van der Waals surface area contributed by atoms with E-state index < -0.39 is 0 Å². The monoisotopic (exact) mass is 280 g/mol. The summed E-state index contributed by atoms with van der Waals surface area (Å²) in [4.78, 5) is 0. The fourth-order valence-electron chi connectivity index (χ4n) is 1.46. The largest absolute Gasteiger partial charge is 0.465 e. The van der Waals surface area contributed by atoms with Gasteiger partial charge in [-0.1, -0.05) is 15.9 Å². The maximum absolute atomic E-state index is 5.87. The molecule has 1 aromatic carbocycles. The van der Waals surface area contributed by atoms with Gasteiger partial charge in [0.15, 0.2) is 0 Å². The lowest BCUT2D eigenvalue weighted by Gasteiger charge is -2.07. The van der Waals surface area contributed by atoms with Crippen molar-refractivity contribution in [3.63, 3.8) is 0 Å². The number of aryl methyl sites for hydroxylation is 1. The fourth-order valence-corrected chi connectivity index (χ4v) is 1.84. The van der Waals surface area contributed by atoms with Crippen LogP contribution < -0.4 is 11.1 Å². The molecule has 0 unspecified atom stereocenters. The van der Waals surface area contributed by atoms with Crippen molar-refractivity contribution < 1.29 is 4.42 Å². The van der Waals surface area contributed by atoms with Crippen LogP contribution in [0.1, 0.15) is 11.5 Å². The molecule has 0 aliphatic rings. The standard InChI is InChI=1S/C12H13BrN2O/c1-8-2-4-10(16-8)7-15-12-5-3-9(13)6-11(12)14/h2-6,15H,7,14H2,1H3. The number of halogens is 1. The van der Waals surface area contributed by atoms with E-state index in [-0.39, 0.29) is 0 Å². The Morgan fingerprint density at radius 2 is 2.12 bits per heavy atom. The number of furan rings is 1. The molecule has 1 heterocycles. The molecule has 84 valence electrons. The Hall–Kier alpha value is -1.42. The van der Waals surface area contributed by atoms with Crippen molar-refractivity contribution in [3.05, 3.63) is 46.3 Å². The summed E-state index contributed by atoms with van der Waals surface area (Å²) in [6.45, 7) is 2.57. The Bertz CT molecular complexity index is 494. The van der Waals surface area contributed by atoms with Gasteiger partial charge in [-0.15, -0.1) is 0 Å². The summed E-state index contributed by atoms with van der Waals surface area (Å²) in [5.74, 6) is 1.82. The van der Waals surface area contributed by atoms with Gasteiger partial charge in [0.25, 0.3) is 0 Å². The molecule has 1 aromatic heterocycles. The minimum absolute atomic E-state index is 0.639. The lowest BCUT2D eigenvalue weighted by Crippen LogP contribution is -2.01. The zero-order valence-corrected chi connectivity index (χ0v) is 10.5. The molecule has 2 aromatic rings. The first-order valence-electron chi connectivity index (χ1n) is 4.99. The molecule has 0 amide bonds. The summed E-state index contributed by atoms with van der Waals surface area (Å²) < 4.78 is 6.43. The molecule has 0 spiro atoms. The van der Waals surface area contributed by atoms with Crippen LogP contribution in [0.5, 0.6) is 0 Å².